The van der Waals surface area contributed by atoms with Crippen LogP contribution in [0.25, 0.3) is 0 Å². The second-order valence-electron chi connectivity index (χ2n) is 8.59. The highest BCUT2D eigenvalue weighted by Gasteiger charge is 2.32. The average Bonchev–Trinajstić information content (AvgIpc) is 3.30. The third kappa shape index (κ3) is 5.31. The molecule has 2 saturated heterocycles. The van der Waals surface area contributed by atoms with E-state index in [1.54, 1.807) is 0 Å². The number of ether oxygens (including phenoxy) is 2. The minimum absolute atomic E-state index is 0.000217. The lowest BCUT2D eigenvalue weighted by molar-refractivity contribution is -0.166. The lowest BCUT2D eigenvalue weighted by atomic mass is 9.87. The fraction of sp³-hybridized carbons (Fsp3) is 0.565. The van der Waals surface area contributed by atoms with E-state index in [0.717, 1.165) is 18.5 Å². The van der Waals surface area contributed by atoms with Gasteiger partial charge in [-0.05, 0) is 62.8 Å². The van der Waals surface area contributed by atoms with E-state index < -0.39 is 11.9 Å². The van der Waals surface area contributed by atoms with Crippen molar-refractivity contribution in [2.75, 3.05) is 13.1 Å². The van der Waals surface area contributed by atoms with Gasteiger partial charge in [-0.1, -0.05) is 12.1 Å². The van der Waals surface area contributed by atoms with Gasteiger partial charge in [0.15, 0.2) is 0 Å². The number of esters is 2. The van der Waals surface area contributed by atoms with Crippen LogP contribution in [-0.2, 0) is 23.9 Å². The molecule has 2 amide bonds. The molecule has 8 heteroatoms. The Hall–Kier alpha value is -2.74. The molecular formula is C23H28N2O6. The van der Waals surface area contributed by atoms with Crippen molar-refractivity contribution in [3.63, 3.8) is 0 Å². The zero-order valence-electron chi connectivity index (χ0n) is 17.4. The molecule has 2 heterocycles. The van der Waals surface area contributed by atoms with Gasteiger partial charge in [0.05, 0.1) is 23.9 Å². The number of piperidine rings is 1. The summed E-state index contributed by atoms with van der Waals surface area (Å²) in [6.07, 6.45) is 4.28. The average molecular weight is 428 g/mol. The Labute approximate surface area is 181 Å². The number of rotatable bonds is 5. The van der Waals surface area contributed by atoms with Gasteiger partial charge in [0.1, 0.15) is 5.75 Å². The Morgan fingerprint density at radius 1 is 0.871 bits per heavy atom. The molecule has 2 atom stereocenters. The number of hydrogen-bond donors (Lipinski definition) is 2. The van der Waals surface area contributed by atoms with Gasteiger partial charge in [-0.2, -0.15) is 0 Å². The molecule has 1 aromatic rings. The molecule has 31 heavy (non-hydrogen) atoms. The molecule has 0 bridgehead atoms. The number of nitrogens with one attached hydrogen (secondary N) is 2. The van der Waals surface area contributed by atoms with Crippen LogP contribution in [0.15, 0.2) is 24.3 Å². The summed E-state index contributed by atoms with van der Waals surface area (Å²) in [5.41, 5.74) is 0.867. The van der Waals surface area contributed by atoms with Crippen LogP contribution >= 0.6 is 0 Å². The normalized spacial score (nSPS) is 28.6. The van der Waals surface area contributed by atoms with Crippen molar-refractivity contribution in [3.05, 3.63) is 29.8 Å². The quantitative estimate of drug-likeness (QED) is 0.418. The number of imide groups is 1. The smallest absolute Gasteiger partial charge is 0.317 e. The van der Waals surface area contributed by atoms with Crippen molar-refractivity contribution in [2.24, 2.45) is 11.8 Å². The van der Waals surface area contributed by atoms with Gasteiger partial charge in [0.25, 0.3) is 0 Å². The molecule has 1 saturated carbocycles. The van der Waals surface area contributed by atoms with E-state index in [1.807, 2.05) is 24.3 Å². The van der Waals surface area contributed by atoms with Gasteiger partial charge < -0.3 is 14.8 Å². The molecule has 2 unspecified atom stereocenters. The summed E-state index contributed by atoms with van der Waals surface area (Å²) in [6, 6.07) is 7.41. The Morgan fingerprint density at radius 3 is 2.23 bits per heavy atom. The number of amides is 2. The molecule has 0 radical (unpaired) electrons. The first-order valence-corrected chi connectivity index (χ1v) is 11.1. The SMILES string of the molecule is O=C1CCC(c2ccc(OC3CCC(C(=O)OC(=O)C4CCNC4)CC3)cc2)C(=O)N1. The lowest BCUT2D eigenvalue weighted by Gasteiger charge is -2.28. The second-order valence-corrected chi connectivity index (χ2v) is 8.59. The predicted octanol–water partition coefficient (Wildman–Crippen LogP) is 1.82. The van der Waals surface area contributed by atoms with E-state index >= 15 is 0 Å². The maximum Gasteiger partial charge on any atom is 0.317 e. The Balaban J connectivity index is 1.23. The first kappa shape index (κ1) is 21.5. The molecule has 166 valence electrons. The molecule has 8 nitrogen and oxygen atoms in total. The maximum absolute atomic E-state index is 12.3. The highest BCUT2D eigenvalue weighted by atomic mass is 16.6. The topological polar surface area (TPSA) is 111 Å². The van der Waals surface area contributed by atoms with Gasteiger partial charge in [0.2, 0.25) is 11.8 Å². The minimum atomic E-state index is -0.413. The monoisotopic (exact) mass is 428 g/mol. The molecule has 1 aliphatic carbocycles. The lowest BCUT2D eigenvalue weighted by Crippen LogP contribution is -2.39. The highest BCUT2D eigenvalue weighted by Crippen LogP contribution is 2.31. The van der Waals surface area contributed by atoms with Gasteiger partial charge in [0, 0.05) is 13.0 Å². The van der Waals surface area contributed by atoms with Crippen molar-refractivity contribution in [3.8, 4) is 5.75 Å². The number of carbonyl (C=O) groups excluding carboxylic acids is 4. The molecule has 0 spiro atoms. The number of benzene rings is 1. The summed E-state index contributed by atoms with van der Waals surface area (Å²) in [4.78, 5) is 47.7. The fourth-order valence-corrected chi connectivity index (χ4v) is 4.52. The Kier molecular flexibility index (Phi) is 6.65. The number of carbonyl (C=O) groups is 4. The van der Waals surface area contributed by atoms with Crippen LogP contribution in [0.3, 0.4) is 0 Å². The van der Waals surface area contributed by atoms with Gasteiger partial charge in [-0.15, -0.1) is 0 Å². The van der Waals surface area contributed by atoms with Crippen LogP contribution in [0.1, 0.15) is 56.4 Å². The zero-order chi connectivity index (χ0) is 21.8. The molecule has 0 aromatic heterocycles. The Bertz CT molecular complexity index is 838. The third-order valence-corrected chi connectivity index (χ3v) is 6.43. The van der Waals surface area contributed by atoms with Gasteiger partial charge in [-0.25, -0.2) is 0 Å². The van der Waals surface area contributed by atoms with Crippen LogP contribution in [0.4, 0.5) is 0 Å². The summed E-state index contributed by atoms with van der Waals surface area (Å²) >= 11 is 0. The van der Waals surface area contributed by atoms with Crippen molar-refractivity contribution in [1.82, 2.24) is 10.6 Å². The van der Waals surface area contributed by atoms with Crippen molar-refractivity contribution >= 4 is 23.8 Å². The summed E-state index contributed by atoms with van der Waals surface area (Å²) in [5, 5.41) is 5.48. The standard InChI is InChI=1S/C23H28N2O6/c26-20-10-9-19(21(27)25-20)14-1-5-17(6-2-14)30-18-7-3-15(4-8-18)22(28)31-23(29)16-11-12-24-13-16/h1-2,5-6,15-16,18-19,24H,3-4,7-13H2,(H,25,26,27). The van der Waals surface area contributed by atoms with Crippen molar-refractivity contribution in [2.45, 2.75) is 57.0 Å². The highest BCUT2D eigenvalue weighted by molar-refractivity contribution is 6.00. The molecule has 2 N–H and O–H groups in total. The minimum Gasteiger partial charge on any atom is -0.490 e. The molecular weight excluding hydrogens is 400 g/mol. The van der Waals surface area contributed by atoms with E-state index in [0.29, 0.717) is 50.8 Å². The summed E-state index contributed by atoms with van der Waals surface area (Å²) in [5.74, 6) is -1.37. The largest absolute Gasteiger partial charge is 0.490 e. The molecule has 4 rings (SSSR count). The Morgan fingerprint density at radius 2 is 1.58 bits per heavy atom. The summed E-state index contributed by atoms with van der Waals surface area (Å²) in [7, 11) is 0. The van der Waals surface area contributed by atoms with Crippen LogP contribution in [0, 0.1) is 11.8 Å². The van der Waals surface area contributed by atoms with E-state index in [4.69, 9.17) is 9.47 Å². The van der Waals surface area contributed by atoms with E-state index in [2.05, 4.69) is 10.6 Å². The van der Waals surface area contributed by atoms with E-state index in [1.165, 1.54) is 0 Å². The van der Waals surface area contributed by atoms with Crippen LogP contribution in [0.2, 0.25) is 0 Å². The first-order chi connectivity index (χ1) is 15.0. The van der Waals surface area contributed by atoms with Gasteiger partial charge >= 0.3 is 11.9 Å². The number of hydrogen-bond acceptors (Lipinski definition) is 7. The molecule has 3 aliphatic rings. The predicted molar refractivity (Wildman–Crippen MR) is 110 cm³/mol. The molecule has 1 aromatic carbocycles. The van der Waals surface area contributed by atoms with Gasteiger partial charge in [-0.3, -0.25) is 24.5 Å². The van der Waals surface area contributed by atoms with Crippen LogP contribution < -0.4 is 15.4 Å². The van der Waals surface area contributed by atoms with Crippen molar-refractivity contribution < 1.29 is 28.7 Å². The third-order valence-electron chi connectivity index (χ3n) is 6.43. The zero-order valence-corrected chi connectivity index (χ0v) is 17.4. The summed E-state index contributed by atoms with van der Waals surface area (Å²) in [6.45, 7) is 1.36. The fourth-order valence-electron chi connectivity index (χ4n) is 4.52. The summed E-state index contributed by atoms with van der Waals surface area (Å²) < 4.78 is 11.2. The second kappa shape index (κ2) is 9.60. The first-order valence-electron chi connectivity index (χ1n) is 11.1. The van der Waals surface area contributed by atoms with Crippen LogP contribution in [0.5, 0.6) is 5.75 Å². The molecule has 3 fully saturated rings. The van der Waals surface area contributed by atoms with Crippen LogP contribution in [-0.4, -0.2) is 42.9 Å². The van der Waals surface area contributed by atoms with E-state index in [9.17, 15) is 19.2 Å². The molecule has 2 aliphatic heterocycles. The van der Waals surface area contributed by atoms with Crippen molar-refractivity contribution in [1.29, 1.82) is 0 Å². The maximum atomic E-state index is 12.3. The van der Waals surface area contributed by atoms with E-state index in [-0.39, 0.29) is 35.7 Å².